The van der Waals surface area contributed by atoms with Gasteiger partial charge in [-0.3, -0.25) is 4.79 Å². The summed E-state index contributed by atoms with van der Waals surface area (Å²) in [7, 11) is 0. The van der Waals surface area contributed by atoms with E-state index in [2.05, 4.69) is 10.3 Å². The number of imidazole rings is 1. The van der Waals surface area contributed by atoms with Gasteiger partial charge >= 0.3 is 0 Å². The Labute approximate surface area is 161 Å². The van der Waals surface area contributed by atoms with Crippen molar-refractivity contribution in [1.82, 2.24) is 14.7 Å². The molecule has 4 aromatic rings. The number of aromatic nitrogens is 2. The molecule has 140 valence electrons. The lowest BCUT2D eigenvalue weighted by Gasteiger charge is -2.10. The van der Waals surface area contributed by atoms with Crippen LogP contribution in [-0.2, 0) is 13.2 Å². The van der Waals surface area contributed by atoms with Crippen molar-refractivity contribution < 1.29 is 13.9 Å². The van der Waals surface area contributed by atoms with E-state index in [1.807, 2.05) is 24.4 Å². The fraction of sp³-hybridized carbons (Fsp3) is 0.0909. The summed E-state index contributed by atoms with van der Waals surface area (Å²) in [6, 6.07) is 17.5. The molecule has 0 radical (unpaired) electrons. The first-order valence-electron chi connectivity index (χ1n) is 8.85. The van der Waals surface area contributed by atoms with Crippen molar-refractivity contribution in [2.45, 2.75) is 13.2 Å². The average molecular weight is 375 g/mol. The summed E-state index contributed by atoms with van der Waals surface area (Å²) in [5, 5.41) is 2.91. The van der Waals surface area contributed by atoms with Gasteiger partial charge in [0, 0.05) is 18.3 Å². The van der Waals surface area contributed by atoms with E-state index in [0.717, 1.165) is 11.1 Å². The molecule has 0 atom stereocenters. The second-order valence-electron chi connectivity index (χ2n) is 6.32. The van der Waals surface area contributed by atoms with E-state index in [1.54, 1.807) is 53.3 Å². The highest BCUT2D eigenvalue weighted by molar-refractivity contribution is 6.00. The predicted octanol–water partition coefficient (Wildman–Crippen LogP) is 3.98. The number of rotatable bonds is 6. The van der Waals surface area contributed by atoms with Crippen LogP contribution in [0.2, 0.25) is 0 Å². The molecule has 2 heterocycles. The summed E-state index contributed by atoms with van der Waals surface area (Å²) in [6.07, 6.45) is 5.16. The summed E-state index contributed by atoms with van der Waals surface area (Å²) in [6.45, 7) is 0.497. The molecule has 1 amide bonds. The smallest absolute Gasteiger partial charge is 0.253 e. The molecule has 0 spiro atoms. The Bertz CT molecular complexity index is 1120. The lowest BCUT2D eigenvalue weighted by molar-refractivity contribution is 0.0952. The molecular formula is C22H18FN3O2. The minimum absolute atomic E-state index is 0.145. The number of nitrogens with one attached hydrogen (secondary N) is 1. The van der Waals surface area contributed by atoms with Crippen LogP contribution in [0.25, 0.3) is 5.52 Å². The van der Waals surface area contributed by atoms with E-state index in [4.69, 9.17) is 4.74 Å². The minimum atomic E-state index is -0.292. The zero-order valence-electron chi connectivity index (χ0n) is 15.0. The lowest BCUT2D eigenvalue weighted by atomic mass is 10.2. The number of carbonyl (C=O) groups is 1. The average Bonchev–Trinajstić information content (AvgIpc) is 3.21. The zero-order valence-corrected chi connectivity index (χ0v) is 15.0. The van der Waals surface area contributed by atoms with E-state index in [9.17, 15) is 9.18 Å². The molecule has 28 heavy (non-hydrogen) atoms. The van der Waals surface area contributed by atoms with E-state index < -0.39 is 0 Å². The van der Waals surface area contributed by atoms with Gasteiger partial charge in [-0.1, -0.05) is 30.3 Å². The van der Waals surface area contributed by atoms with Crippen molar-refractivity contribution in [3.63, 3.8) is 0 Å². The molecule has 0 aliphatic carbocycles. The maximum absolute atomic E-state index is 13.7. The molecule has 2 aromatic heterocycles. The van der Waals surface area contributed by atoms with Crippen molar-refractivity contribution in [2.75, 3.05) is 0 Å². The number of hydrogen-bond donors (Lipinski definition) is 1. The van der Waals surface area contributed by atoms with Crippen molar-refractivity contribution in [2.24, 2.45) is 0 Å². The van der Waals surface area contributed by atoms with Gasteiger partial charge in [-0.25, -0.2) is 9.37 Å². The third kappa shape index (κ3) is 3.86. The molecule has 0 bridgehead atoms. The normalized spacial score (nSPS) is 10.8. The van der Waals surface area contributed by atoms with E-state index in [1.165, 1.54) is 6.07 Å². The number of carbonyl (C=O) groups excluding carboxylic acids is 1. The third-order valence-corrected chi connectivity index (χ3v) is 4.40. The monoisotopic (exact) mass is 375 g/mol. The maximum Gasteiger partial charge on any atom is 0.253 e. The van der Waals surface area contributed by atoms with Crippen LogP contribution in [0.5, 0.6) is 5.75 Å². The summed E-state index contributed by atoms with van der Waals surface area (Å²) in [4.78, 5) is 16.6. The second-order valence-corrected chi connectivity index (χ2v) is 6.32. The SMILES string of the molecule is O=C(NCc1cccc(OCc2ccccc2F)c1)c1cccn2cncc12. The van der Waals surface area contributed by atoms with Crippen LogP contribution < -0.4 is 10.1 Å². The van der Waals surface area contributed by atoms with Crippen molar-refractivity contribution in [3.8, 4) is 5.75 Å². The number of pyridine rings is 1. The molecular weight excluding hydrogens is 357 g/mol. The number of halogens is 1. The molecule has 0 aliphatic heterocycles. The molecule has 0 aliphatic rings. The largest absolute Gasteiger partial charge is 0.489 e. The van der Waals surface area contributed by atoms with Gasteiger partial charge in [-0.05, 0) is 35.9 Å². The first-order valence-corrected chi connectivity index (χ1v) is 8.85. The summed E-state index contributed by atoms with van der Waals surface area (Å²) in [5.74, 6) is 0.150. The molecule has 0 unspecified atom stereocenters. The second kappa shape index (κ2) is 7.92. The van der Waals surface area contributed by atoms with Gasteiger partial charge in [0.2, 0.25) is 0 Å². The Morgan fingerprint density at radius 1 is 1.11 bits per heavy atom. The molecule has 2 aromatic carbocycles. The van der Waals surface area contributed by atoms with Crippen LogP contribution in [0, 0.1) is 5.82 Å². The third-order valence-electron chi connectivity index (χ3n) is 4.40. The number of ether oxygens (including phenoxy) is 1. The van der Waals surface area contributed by atoms with Gasteiger partial charge in [0.1, 0.15) is 18.2 Å². The highest BCUT2D eigenvalue weighted by Crippen LogP contribution is 2.17. The van der Waals surface area contributed by atoms with Crippen LogP contribution in [-0.4, -0.2) is 15.3 Å². The van der Waals surface area contributed by atoms with Gasteiger partial charge in [-0.2, -0.15) is 0 Å². The molecule has 0 saturated heterocycles. The number of nitrogens with zero attached hydrogens (tertiary/aromatic N) is 2. The van der Waals surface area contributed by atoms with Crippen LogP contribution in [0.15, 0.2) is 79.4 Å². The van der Waals surface area contributed by atoms with Gasteiger partial charge in [0.15, 0.2) is 0 Å². The number of benzene rings is 2. The topological polar surface area (TPSA) is 55.6 Å². The number of fused-ring (bicyclic) bond motifs is 1. The van der Waals surface area contributed by atoms with Crippen LogP contribution in [0.3, 0.4) is 0 Å². The first kappa shape index (κ1) is 17.7. The van der Waals surface area contributed by atoms with E-state index in [0.29, 0.717) is 23.4 Å². The Morgan fingerprint density at radius 2 is 2.00 bits per heavy atom. The van der Waals surface area contributed by atoms with Crippen LogP contribution in [0.4, 0.5) is 4.39 Å². The molecule has 5 nitrogen and oxygen atoms in total. The predicted molar refractivity (Wildman–Crippen MR) is 104 cm³/mol. The highest BCUT2D eigenvalue weighted by Gasteiger charge is 2.10. The van der Waals surface area contributed by atoms with Gasteiger partial charge in [0.25, 0.3) is 5.91 Å². The van der Waals surface area contributed by atoms with Crippen LogP contribution >= 0.6 is 0 Å². The van der Waals surface area contributed by atoms with Gasteiger partial charge < -0.3 is 14.5 Å². The van der Waals surface area contributed by atoms with E-state index in [-0.39, 0.29) is 18.3 Å². The summed E-state index contributed by atoms with van der Waals surface area (Å²) >= 11 is 0. The molecule has 0 saturated carbocycles. The minimum Gasteiger partial charge on any atom is -0.489 e. The first-order chi connectivity index (χ1) is 13.7. The van der Waals surface area contributed by atoms with Crippen molar-refractivity contribution in [3.05, 3.63) is 102 Å². The van der Waals surface area contributed by atoms with Gasteiger partial charge in [0.05, 0.1) is 23.6 Å². The zero-order chi connectivity index (χ0) is 19.3. The number of hydrogen-bond acceptors (Lipinski definition) is 3. The fourth-order valence-electron chi connectivity index (χ4n) is 2.94. The maximum atomic E-state index is 13.7. The Balaban J connectivity index is 1.40. The summed E-state index contributed by atoms with van der Waals surface area (Å²) < 4.78 is 21.2. The standard InChI is InChI=1S/C22H18FN3O2/c23-20-9-2-1-6-17(20)14-28-18-7-3-5-16(11-18)12-25-22(27)19-8-4-10-26-15-24-13-21(19)26/h1-11,13,15H,12,14H2,(H,25,27). The van der Waals surface area contributed by atoms with E-state index >= 15 is 0 Å². The molecule has 4 rings (SSSR count). The lowest BCUT2D eigenvalue weighted by Crippen LogP contribution is -2.23. The molecule has 1 N–H and O–H groups in total. The fourth-order valence-corrected chi connectivity index (χ4v) is 2.94. The summed E-state index contributed by atoms with van der Waals surface area (Å²) in [5.41, 5.74) is 2.70. The quantitative estimate of drug-likeness (QED) is 0.555. The molecule has 6 heteroatoms. The van der Waals surface area contributed by atoms with Crippen LogP contribution in [0.1, 0.15) is 21.5 Å². The Hall–Kier alpha value is -3.67. The Morgan fingerprint density at radius 3 is 2.89 bits per heavy atom. The van der Waals surface area contributed by atoms with Crippen molar-refractivity contribution >= 4 is 11.4 Å². The number of amides is 1. The molecule has 0 fully saturated rings. The highest BCUT2D eigenvalue weighted by atomic mass is 19.1. The Kier molecular flexibility index (Phi) is 5.01. The van der Waals surface area contributed by atoms with Gasteiger partial charge in [-0.15, -0.1) is 0 Å². The van der Waals surface area contributed by atoms with Crippen molar-refractivity contribution in [1.29, 1.82) is 0 Å².